The maximum Gasteiger partial charge on any atom is 0.0434 e. The molecule has 0 saturated heterocycles. The third-order valence-corrected chi connectivity index (χ3v) is 13.8. The monoisotopic (exact) mass is 742 g/mol. The van der Waals surface area contributed by atoms with Gasteiger partial charge in [-0.15, -0.1) is 22.7 Å². The highest BCUT2D eigenvalue weighted by molar-refractivity contribution is 7.26. The van der Waals surface area contributed by atoms with Crippen LogP contribution in [0.4, 0.5) is 0 Å². The molecular formula is C52H54S2. The summed E-state index contributed by atoms with van der Waals surface area (Å²) in [6.07, 6.45) is 0. The number of hydrogen-bond donors (Lipinski definition) is 0. The molecule has 0 aliphatic heterocycles. The Bertz CT molecular complexity index is 2540. The minimum absolute atomic E-state index is 0.00127. The zero-order chi connectivity index (χ0) is 38.5. The van der Waals surface area contributed by atoms with Crippen LogP contribution >= 0.6 is 22.7 Å². The molecule has 6 aromatic carbocycles. The molecule has 2 heteroatoms. The zero-order valence-electron chi connectivity index (χ0n) is 34.2. The molecule has 0 fully saturated rings. The average molecular weight is 743 g/mol. The van der Waals surface area contributed by atoms with Gasteiger partial charge in [0.2, 0.25) is 0 Å². The van der Waals surface area contributed by atoms with Crippen molar-refractivity contribution >= 4 is 63.0 Å². The van der Waals surface area contributed by atoms with Crippen molar-refractivity contribution < 1.29 is 0 Å². The van der Waals surface area contributed by atoms with Crippen molar-refractivity contribution in [3.63, 3.8) is 0 Å². The smallest absolute Gasteiger partial charge is 0.0434 e. The number of benzene rings is 6. The molecule has 0 bridgehead atoms. The number of thiophene rings is 2. The van der Waals surface area contributed by atoms with Crippen molar-refractivity contribution in [2.24, 2.45) is 0 Å². The lowest BCUT2D eigenvalue weighted by atomic mass is 9.81. The molecule has 0 radical (unpaired) electrons. The first kappa shape index (κ1) is 36.7. The summed E-state index contributed by atoms with van der Waals surface area (Å²) in [5.41, 5.74) is 13.5. The minimum Gasteiger partial charge on any atom is -0.135 e. The van der Waals surface area contributed by atoms with E-state index in [0.29, 0.717) is 0 Å². The van der Waals surface area contributed by atoms with Gasteiger partial charge in [-0.2, -0.15) is 0 Å². The third-order valence-electron chi connectivity index (χ3n) is 11.3. The largest absolute Gasteiger partial charge is 0.135 e. The van der Waals surface area contributed by atoms with E-state index in [-0.39, 0.29) is 21.7 Å². The van der Waals surface area contributed by atoms with Gasteiger partial charge in [0.25, 0.3) is 0 Å². The minimum atomic E-state index is -0.00127. The Hall–Kier alpha value is -4.24. The molecule has 8 aromatic rings. The summed E-state index contributed by atoms with van der Waals surface area (Å²) in [5, 5.41) is 5.47. The lowest BCUT2D eigenvalue weighted by molar-refractivity contribution is 0.590. The quantitative estimate of drug-likeness (QED) is 0.169. The molecule has 54 heavy (non-hydrogen) atoms. The summed E-state index contributed by atoms with van der Waals surface area (Å²) in [5.74, 6) is 0. The highest BCUT2D eigenvalue weighted by atomic mass is 32.1. The van der Waals surface area contributed by atoms with Gasteiger partial charge in [-0.25, -0.2) is 0 Å². The van der Waals surface area contributed by atoms with Crippen LogP contribution < -0.4 is 0 Å². The van der Waals surface area contributed by atoms with Gasteiger partial charge >= 0.3 is 0 Å². The van der Waals surface area contributed by atoms with E-state index in [0.717, 1.165) is 0 Å². The molecule has 2 aromatic heterocycles. The summed E-state index contributed by atoms with van der Waals surface area (Å²) in [6.45, 7) is 28.0. The fourth-order valence-corrected chi connectivity index (χ4v) is 10.2. The van der Waals surface area contributed by atoms with E-state index in [2.05, 4.69) is 192 Å². The predicted molar refractivity (Wildman–Crippen MR) is 243 cm³/mol. The molecule has 0 atom stereocenters. The molecule has 274 valence electrons. The molecule has 2 heterocycles. The van der Waals surface area contributed by atoms with Crippen LogP contribution in [0.1, 0.15) is 105 Å². The van der Waals surface area contributed by atoms with Crippen LogP contribution in [0.5, 0.6) is 0 Å². The molecule has 0 unspecified atom stereocenters. The third kappa shape index (κ3) is 6.40. The normalized spacial score (nSPS) is 13.2. The van der Waals surface area contributed by atoms with Gasteiger partial charge in [0.1, 0.15) is 0 Å². The molecule has 8 rings (SSSR count). The number of hydrogen-bond acceptors (Lipinski definition) is 2. The SMILES string of the molecule is CC(C)(C)c1ccc2sc3c(-c4ccccc4-c4ccccc4-c4cc(C(C)(C)C)cc5c4sc4ccc(C(C)(C)C)cc45)cc(C(C)(C)C)cc3c2c1. The number of rotatable bonds is 3. The van der Waals surface area contributed by atoms with Crippen molar-refractivity contribution in [2.75, 3.05) is 0 Å². The van der Waals surface area contributed by atoms with Crippen molar-refractivity contribution in [1.82, 2.24) is 0 Å². The van der Waals surface area contributed by atoms with Crippen LogP contribution in [0.25, 0.3) is 73.7 Å². The van der Waals surface area contributed by atoms with Gasteiger partial charge in [0, 0.05) is 51.5 Å². The van der Waals surface area contributed by atoms with Crippen molar-refractivity contribution in [3.05, 3.63) is 131 Å². The first-order chi connectivity index (χ1) is 25.3. The Morgan fingerprint density at radius 2 is 0.593 bits per heavy atom. The van der Waals surface area contributed by atoms with E-state index < -0.39 is 0 Å². The summed E-state index contributed by atoms with van der Waals surface area (Å²) < 4.78 is 5.43. The van der Waals surface area contributed by atoms with Crippen LogP contribution in [0, 0.1) is 0 Å². The average Bonchev–Trinajstić information content (AvgIpc) is 3.67. The lowest BCUT2D eigenvalue weighted by Crippen LogP contribution is -2.11. The Kier molecular flexibility index (Phi) is 8.60. The first-order valence-corrected chi connectivity index (χ1v) is 21.1. The Morgan fingerprint density at radius 3 is 0.907 bits per heavy atom. The van der Waals surface area contributed by atoms with E-state index in [9.17, 15) is 0 Å². The second-order valence-electron chi connectivity index (χ2n) is 19.5. The molecule has 0 N–H and O–H groups in total. The topological polar surface area (TPSA) is 0 Å². The predicted octanol–water partition coefficient (Wildman–Crippen LogP) is 16.6. The molecule has 0 nitrogen and oxygen atoms in total. The van der Waals surface area contributed by atoms with Crippen molar-refractivity contribution in [3.8, 4) is 33.4 Å². The maximum atomic E-state index is 2.49. The molecule has 0 aliphatic carbocycles. The second-order valence-corrected chi connectivity index (χ2v) is 21.6. The molecule has 0 saturated carbocycles. The molecule has 0 amide bonds. The Balaban J connectivity index is 1.41. The maximum absolute atomic E-state index is 2.49. The van der Waals surface area contributed by atoms with E-state index in [4.69, 9.17) is 0 Å². The summed E-state index contributed by atoms with van der Waals surface area (Å²) in [7, 11) is 0. The zero-order valence-corrected chi connectivity index (χ0v) is 35.8. The van der Waals surface area contributed by atoms with Crippen molar-refractivity contribution in [2.45, 2.75) is 105 Å². The lowest BCUT2D eigenvalue weighted by Gasteiger charge is -2.23. The van der Waals surface area contributed by atoms with Gasteiger partial charge in [-0.05, 0) is 115 Å². The summed E-state index contributed by atoms with van der Waals surface area (Å²) in [6, 6.07) is 42.5. The van der Waals surface area contributed by atoms with E-state index >= 15 is 0 Å². The van der Waals surface area contributed by atoms with Gasteiger partial charge in [0.15, 0.2) is 0 Å². The fraction of sp³-hybridized carbons (Fsp3) is 0.308. The molecule has 0 spiro atoms. The van der Waals surface area contributed by atoms with Gasteiger partial charge < -0.3 is 0 Å². The van der Waals surface area contributed by atoms with E-state index in [1.165, 1.54) is 96.0 Å². The van der Waals surface area contributed by atoms with Gasteiger partial charge in [0.05, 0.1) is 0 Å². The van der Waals surface area contributed by atoms with Crippen LogP contribution in [0.2, 0.25) is 0 Å². The van der Waals surface area contributed by atoms with Crippen LogP contribution in [-0.4, -0.2) is 0 Å². The number of fused-ring (bicyclic) bond motifs is 6. The first-order valence-electron chi connectivity index (χ1n) is 19.5. The van der Waals surface area contributed by atoms with E-state index in [1.54, 1.807) is 0 Å². The van der Waals surface area contributed by atoms with Gasteiger partial charge in [-0.3, -0.25) is 0 Å². The van der Waals surface area contributed by atoms with Crippen LogP contribution in [0.15, 0.2) is 109 Å². The van der Waals surface area contributed by atoms with Crippen LogP contribution in [0.3, 0.4) is 0 Å². The Morgan fingerprint density at radius 1 is 0.296 bits per heavy atom. The summed E-state index contributed by atoms with van der Waals surface area (Å²) >= 11 is 3.88. The second kappa shape index (κ2) is 12.7. The standard InChI is InChI=1S/C52H54S2/c1-49(2,3)31-21-23-45-39(25-31)43-29-33(51(7,8)9)27-41(47(43)53-45)37-19-15-13-17-35(37)36-18-14-16-20-38(36)42-28-34(52(10,11)12)30-44-40-26-32(50(4,5)6)22-24-46(40)54-48(42)44/h13-30H,1-12H3. The summed E-state index contributed by atoms with van der Waals surface area (Å²) in [4.78, 5) is 0. The van der Waals surface area contributed by atoms with Gasteiger partial charge in [-0.1, -0.05) is 144 Å². The van der Waals surface area contributed by atoms with Crippen LogP contribution in [-0.2, 0) is 21.7 Å². The van der Waals surface area contributed by atoms with E-state index in [1.807, 2.05) is 22.7 Å². The molecule has 0 aliphatic rings. The Labute approximate surface area is 330 Å². The highest BCUT2D eigenvalue weighted by Crippen LogP contribution is 2.49. The molecular weight excluding hydrogens is 689 g/mol. The highest BCUT2D eigenvalue weighted by Gasteiger charge is 2.25. The fourth-order valence-electron chi connectivity index (χ4n) is 7.86. The van der Waals surface area contributed by atoms with Crippen molar-refractivity contribution in [1.29, 1.82) is 0 Å².